The Kier molecular flexibility index (Phi) is 6.09. The van der Waals surface area contributed by atoms with Crippen LogP contribution in [0.4, 0.5) is 0 Å². The van der Waals surface area contributed by atoms with Gasteiger partial charge in [0.1, 0.15) is 5.54 Å². The molecule has 86 valence electrons. The Hall–Kier alpha value is -0.390. The minimum atomic E-state index is -0.976. The molecular weight excluding hydrogens is 278 g/mol. The molecule has 0 fully saturated rings. The first kappa shape index (κ1) is 14.6. The molecule has 0 aliphatic carbocycles. The fraction of sp³-hybridized carbons (Fsp3) is 0.500. The van der Waals surface area contributed by atoms with Crippen molar-refractivity contribution in [2.75, 3.05) is 6.61 Å². The van der Waals surface area contributed by atoms with Crippen LogP contribution in [0.1, 0.15) is 25.8 Å². The minimum absolute atomic E-state index is 0. The summed E-state index contributed by atoms with van der Waals surface area (Å²) in [5.74, 6) is -0.346. The number of ether oxygens (including phenoxy) is 1. The third-order valence-corrected chi connectivity index (χ3v) is 2.92. The summed E-state index contributed by atoms with van der Waals surface area (Å²) < 4.78 is 4.96. The van der Waals surface area contributed by atoms with Crippen LogP contribution >= 0.6 is 28.3 Å². The van der Waals surface area contributed by atoms with Crippen molar-refractivity contribution in [3.05, 3.63) is 22.4 Å². The van der Waals surface area contributed by atoms with E-state index in [4.69, 9.17) is 10.5 Å². The molecule has 1 atom stereocenters. The van der Waals surface area contributed by atoms with Crippen molar-refractivity contribution in [3.8, 4) is 0 Å². The smallest absolute Gasteiger partial charge is 0.330 e. The Morgan fingerprint density at radius 1 is 1.60 bits per heavy atom. The quantitative estimate of drug-likeness (QED) is 0.868. The lowest BCUT2D eigenvalue weighted by Gasteiger charge is -2.24. The summed E-state index contributed by atoms with van der Waals surface area (Å²) in [5, 5.41) is 3.80. The molecule has 1 unspecified atom stereocenters. The maximum atomic E-state index is 11.7. The number of thiophene rings is 1. The molecule has 0 saturated carbocycles. The number of hydrogen-bond acceptors (Lipinski definition) is 4. The zero-order valence-corrected chi connectivity index (χ0v) is 11.4. The second-order valence-electron chi connectivity index (χ2n) is 3.06. The van der Waals surface area contributed by atoms with Crippen LogP contribution in [0.2, 0.25) is 0 Å². The topological polar surface area (TPSA) is 52.3 Å². The molecular formula is C10H16BrNO2S. The molecule has 5 heteroatoms. The largest absolute Gasteiger partial charge is 0.464 e. The molecule has 1 rings (SSSR count). The van der Waals surface area contributed by atoms with E-state index in [1.54, 1.807) is 6.92 Å². The Morgan fingerprint density at radius 3 is 2.67 bits per heavy atom. The molecule has 15 heavy (non-hydrogen) atoms. The van der Waals surface area contributed by atoms with Gasteiger partial charge in [-0.25, -0.2) is 4.79 Å². The van der Waals surface area contributed by atoms with Crippen molar-refractivity contribution >= 4 is 34.3 Å². The van der Waals surface area contributed by atoms with Gasteiger partial charge >= 0.3 is 5.97 Å². The van der Waals surface area contributed by atoms with Gasteiger partial charge in [-0.3, -0.25) is 0 Å². The molecule has 0 saturated heterocycles. The molecule has 0 amide bonds. The van der Waals surface area contributed by atoms with Crippen LogP contribution in [0.15, 0.2) is 16.8 Å². The first-order valence-electron chi connectivity index (χ1n) is 4.64. The second-order valence-corrected chi connectivity index (χ2v) is 3.84. The maximum absolute atomic E-state index is 11.7. The van der Waals surface area contributed by atoms with Gasteiger partial charge < -0.3 is 10.5 Å². The molecule has 1 aromatic heterocycles. The van der Waals surface area contributed by atoms with Crippen LogP contribution in [-0.4, -0.2) is 12.6 Å². The molecule has 0 aromatic carbocycles. The van der Waals surface area contributed by atoms with Crippen LogP contribution < -0.4 is 5.73 Å². The van der Waals surface area contributed by atoms with Gasteiger partial charge in [0, 0.05) is 0 Å². The SMILES string of the molecule is Br.CCOC(=O)C(N)(CC)c1ccsc1. The lowest BCUT2D eigenvalue weighted by atomic mass is 9.91. The highest BCUT2D eigenvalue weighted by Gasteiger charge is 2.35. The van der Waals surface area contributed by atoms with E-state index in [1.807, 2.05) is 23.8 Å². The molecule has 0 radical (unpaired) electrons. The van der Waals surface area contributed by atoms with Crippen LogP contribution in [0.5, 0.6) is 0 Å². The summed E-state index contributed by atoms with van der Waals surface area (Å²) >= 11 is 1.53. The summed E-state index contributed by atoms with van der Waals surface area (Å²) in [4.78, 5) is 11.7. The van der Waals surface area contributed by atoms with Gasteiger partial charge in [-0.15, -0.1) is 17.0 Å². The van der Waals surface area contributed by atoms with Gasteiger partial charge in [0.05, 0.1) is 6.61 Å². The number of carbonyl (C=O) groups is 1. The summed E-state index contributed by atoms with van der Waals surface area (Å²) in [6.07, 6.45) is 0.544. The van der Waals surface area contributed by atoms with Crippen molar-refractivity contribution in [1.82, 2.24) is 0 Å². The Bertz CT molecular complexity index is 302. The molecule has 0 aliphatic heterocycles. The monoisotopic (exact) mass is 293 g/mol. The highest BCUT2D eigenvalue weighted by Crippen LogP contribution is 2.25. The van der Waals surface area contributed by atoms with E-state index in [-0.39, 0.29) is 23.0 Å². The Balaban J connectivity index is 0.00000196. The molecule has 0 aliphatic rings. The highest BCUT2D eigenvalue weighted by molar-refractivity contribution is 8.93. The first-order valence-corrected chi connectivity index (χ1v) is 5.58. The summed E-state index contributed by atoms with van der Waals surface area (Å²) in [6.45, 7) is 4.03. The van der Waals surface area contributed by atoms with E-state index < -0.39 is 5.54 Å². The van der Waals surface area contributed by atoms with Crippen molar-refractivity contribution in [2.45, 2.75) is 25.8 Å². The zero-order valence-electron chi connectivity index (χ0n) is 8.86. The Morgan fingerprint density at radius 2 is 2.27 bits per heavy atom. The Labute approximate surface area is 104 Å². The van der Waals surface area contributed by atoms with Crippen molar-refractivity contribution in [1.29, 1.82) is 0 Å². The maximum Gasteiger partial charge on any atom is 0.330 e. The standard InChI is InChI=1S/C10H15NO2S.BrH/c1-3-10(11,9(12)13-4-2)8-5-6-14-7-8;/h5-7H,3-4,11H2,1-2H3;1H. The predicted octanol–water partition coefficient (Wildman–Crippen LogP) is 2.45. The van der Waals surface area contributed by atoms with Gasteiger partial charge in [0.25, 0.3) is 0 Å². The zero-order chi connectivity index (χ0) is 10.6. The van der Waals surface area contributed by atoms with Gasteiger partial charge in [-0.05, 0) is 35.7 Å². The number of hydrogen-bond donors (Lipinski definition) is 1. The van der Waals surface area contributed by atoms with E-state index >= 15 is 0 Å². The molecule has 1 heterocycles. The number of nitrogens with two attached hydrogens (primary N) is 1. The van der Waals surface area contributed by atoms with Crippen LogP contribution in [-0.2, 0) is 15.1 Å². The van der Waals surface area contributed by atoms with Gasteiger partial charge in [0.15, 0.2) is 0 Å². The van der Waals surface area contributed by atoms with Crippen molar-refractivity contribution in [3.63, 3.8) is 0 Å². The third-order valence-electron chi connectivity index (χ3n) is 2.23. The predicted molar refractivity (Wildman–Crippen MR) is 67.4 cm³/mol. The number of halogens is 1. The average Bonchev–Trinajstić information content (AvgIpc) is 2.70. The molecule has 1 aromatic rings. The number of rotatable bonds is 4. The van der Waals surface area contributed by atoms with Crippen LogP contribution in [0, 0.1) is 0 Å². The van der Waals surface area contributed by atoms with Gasteiger partial charge in [-0.1, -0.05) is 6.92 Å². The average molecular weight is 294 g/mol. The molecule has 2 N–H and O–H groups in total. The molecule has 0 spiro atoms. The van der Waals surface area contributed by atoms with Gasteiger partial charge in [-0.2, -0.15) is 11.3 Å². The molecule has 0 bridgehead atoms. The van der Waals surface area contributed by atoms with Crippen molar-refractivity contribution < 1.29 is 9.53 Å². The van der Waals surface area contributed by atoms with Crippen LogP contribution in [0.3, 0.4) is 0 Å². The van der Waals surface area contributed by atoms with Crippen molar-refractivity contribution in [2.24, 2.45) is 5.73 Å². The van der Waals surface area contributed by atoms with Gasteiger partial charge in [0.2, 0.25) is 0 Å². The number of carbonyl (C=O) groups excluding carboxylic acids is 1. The van der Waals surface area contributed by atoms with E-state index in [0.717, 1.165) is 5.56 Å². The van der Waals surface area contributed by atoms with E-state index in [9.17, 15) is 4.79 Å². The first-order chi connectivity index (χ1) is 6.65. The van der Waals surface area contributed by atoms with E-state index in [2.05, 4.69) is 0 Å². The minimum Gasteiger partial charge on any atom is -0.464 e. The summed E-state index contributed by atoms with van der Waals surface area (Å²) in [6, 6.07) is 1.87. The lowest BCUT2D eigenvalue weighted by molar-refractivity contribution is -0.150. The lowest BCUT2D eigenvalue weighted by Crippen LogP contribution is -2.45. The fourth-order valence-electron chi connectivity index (χ4n) is 1.24. The number of esters is 1. The summed E-state index contributed by atoms with van der Waals surface area (Å²) in [5.41, 5.74) is 5.89. The van der Waals surface area contributed by atoms with E-state index in [1.165, 1.54) is 11.3 Å². The highest BCUT2D eigenvalue weighted by atomic mass is 79.9. The second kappa shape index (κ2) is 6.25. The normalized spacial score (nSPS) is 13.8. The van der Waals surface area contributed by atoms with E-state index in [0.29, 0.717) is 13.0 Å². The summed E-state index contributed by atoms with van der Waals surface area (Å²) in [7, 11) is 0. The fourth-order valence-corrected chi connectivity index (χ4v) is 1.98. The third kappa shape index (κ3) is 3.03. The molecule has 3 nitrogen and oxygen atoms in total. The van der Waals surface area contributed by atoms with Crippen LogP contribution in [0.25, 0.3) is 0 Å².